The lowest BCUT2D eigenvalue weighted by Gasteiger charge is -2.17. The molecule has 0 radical (unpaired) electrons. The fourth-order valence-electron chi connectivity index (χ4n) is 1.85. The Balaban J connectivity index is 2.68. The molecule has 116 valence electrons. The van der Waals surface area contributed by atoms with Crippen molar-refractivity contribution < 1.29 is 19.6 Å². The smallest absolute Gasteiger partial charge is 0.320 e. The van der Waals surface area contributed by atoms with Crippen LogP contribution < -0.4 is 10.1 Å². The summed E-state index contributed by atoms with van der Waals surface area (Å²) < 4.78 is 5.40. The number of nitrogens with one attached hydrogen (secondary N) is 1. The molecule has 0 spiro atoms. The number of carbonyl (C=O) groups is 1. The van der Waals surface area contributed by atoms with Crippen molar-refractivity contribution in [3.8, 4) is 5.75 Å². The SMILES string of the molecule is Cc1ccc([N+](=O)[O-])c(OCCC(NC(C)C)C(=O)O)c1. The van der Waals surface area contributed by atoms with Crippen LogP contribution in [0.25, 0.3) is 0 Å². The zero-order valence-corrected chi connectivity index (χ0v) is 12.3. The molecule has 0 bridgehead atoms. The highest BCUT2D eigenvalue weighted by Crippen LogP contribution is 2.27. The molecule has 7 heteroatoms. The largest absolute Gasteiger partial charge is 0.487 e. The van der Waals surface area contributed by atoms with Gasteiger partial charge < -0.3 is 15.2 Å². The van der Waals surface area contributed by atoms with E-state index in [1.54, 1.807) is 19.1 Å². The number of rotatable bonds is 8. The van der Waals surface area contributed by atoms with Crippen molar-refractivity contribution in [3.63, 3.8) is 0 Å². The Labute approximate surface area is 123 Å². The third kappa shape index (κ3) is 5.39. The van der Waals surface area contributed by atoms with Crippen LogP contribution >= 0.6 is 0 Å². The van der Waals surface area contributed by atoms with Gasteiger partial charge in [-0.3, -0.25) is 14.9 Å². The van der Waals surface area contributed by atoms with Crippen LogP contribution in [-0.2, 0) is 4.79 Å². The highest BCUT2D eigenvalue weighted by atomic mass is 16.6. The monoisotopic (exact) mass is 296 g/mol. The number of ether oxygens (including phenoxy) is 1. The molecular weight excluding hydrogens is 276 g/mol. The average molecular weight is 296 g/mol. The van der Waals surface area contributed by atoms with E-state index in [0.29, 0.717) is 0 Å². The molecule has 0 aliphatic rings. The summed E-state index contributed by atoms with van der Waals surface area (Å²) in [4.78, 5) is 21.5. The number of carboxylic acid groups (broad SMARTS) is 1. The van der Waals surface area contributed by atoms with Crippen LogP contribution in [0.4, 0.5) is 5.69 Å². The molecule has 0 saturated carbocycles. The lowest BCUT2D eigenvalue weighted by atomic mass is 10.2. The molecule has 0 aliphatic carbocycles. The van der Waals surface area contributed by atoms with E-state index < -0.39 is 16.9 Å². The maximum Gasteiger partial charge on any atom is 0.320 e. The first kappa shape index (κ1) is 16.9. The van der Waals surface area contributed by atoms with Crippen LogP contribution in [0.3, 0.4) is 0 Å². The molecule has 1 atom stereocenters. The lowest BCUT2D eigenvalue weighted by molar-refractivity contribution is -0.385. The predicted molar refractivity (Wildman–Crippen MR) is 77.6 cm³/mol. The summed E-state index contributed by atoms with van der Waals surface area (Å²) in [6.45, 7) is 5.59. The van der Waals surface area contributed by atoms with Crippen molar-refractivity contribution >= 4 is 11.7 Å². The maximum absolute atomic E-state index is 11.1. The second-order valence-corrected chi connectivity index (χ2v) is 5.08. The minimum absolute atomic E-state index is 0.0272. The van der Waals surface area contributed by atoms with Crippen LogP contribution in [0, 0.1) is 17.0 Å². The highest BCUT2D eigenvalue weighted by Gasteiger charge is 2.19. The van der Waals surface area contributed by atoms with Gasteiger partial charge in [-0.25, -0.2) is 0 Å². The van der Waals surface area contributed by atoms with Gasteiger partial charge in [0.15, 0.2) is 5.75 Å². The summed E-state index contributed by atoms with van der Waals surface area (Å²) in [5, 5.41) is 22.9. The van der Waals surface area contributed by atoms with E-state index in [9.17, 15) is 14.9 Å². The van der Waals surface area contributed by atoms with Crippen molar-refractivity contribution in [2.75, 3.05) is 6.61 Å². The van der Waals surface area contributed by atoms with Gasteiger partial charge in [0.05, 0.1) is 11.5 Å². The van der Waals surface area contributed by atoms with Gasteiger partial charge in [0.1, 0.15) is 6.04 Å². The number of nitro benzene ring substituents is 1. The summed E-state index contributed by atoms with van der Waals surface area (Å²) in [5.74, 6) is -0.806. The van der Waals surface area contributed by atoms with E-state index in [-0.39, 0.29) is 30.5 Å². The topological polar surface area (TPSA) is 102 Å². The second-order valence-electron chi connectivity index (χ2n) is 5.08. The van der Waals surface area contributed by atoms with Crippen molar-refractivity contribution in [2.45, 2.75) is 39.3 Å². The number of nitro groups is 1. The Hall–Kier alpha value is -2.15. The second kappa shape index (κ2) is 7.58. The van der Waals surface area contributed by atoms with Gasteiger partial charge in [0.25, 0.3) is 0 Å². The summed E-state index contributed by atoms with van der Waals surface area (Å²) in [5.41, 5.74) is 0.718. The Morgan fingerprint density at radius 1 is 1.48 bits per heavy atom. The molecule has 1 rings (SSSR count). The van der Waals surface area contributed by atoms with E-state index in [2.05, 4.69) is 5.32 Å². The molecule has 1 aromatic carbocycles. The van der Waals surface area contributed by atoms with E-state index >= 15 is 0 Å². The third-order valence-corrected chi connectivity index (χ3v) is 2.81. The summed E-state index contributed by atoms with van der Waals surface area (Å²) in [6, 6.07) is 3.87. The molecule has 0 aliphatic heterocycles. The normalized spacial score (nSPS) is 12.2. The predicted octanol–water partition coefficient (Wildman–Crippen LogP) is 2.12. The standard InChI is InChI=1S/C14H20N2O5/c1-9(2)15-11(14(17)18)6-7-21-13-8-10(3)4-5-12(13)16(19)20/h4-5,8-9,11,15H,6-7H2,1-3H3,(H,17,18). The number of hydrogen-bond acceptors (Lipinski definition) is 5. The Kier molecular flexibility index (Phi) is 6.10. The van der Waals surface area contributed by atoms with Crippen LogP contribution in [0.1, 0.15) is 25.8 Å². The minimum atomic E-state index is -0.967. The van der Waals surface area contributed by atoms with Crippen molar-refractivity contribution in [3.05, 3.63) is 33.9 Å². The van der Waals surface area contributed by atoms with E-state index in [0.717, 1.165) is 5.56 Å². The quantitative estimate of drug-likeness (QED) is 0.563. The van der Waals surface area contributed by atoms with E-state index in [1.165, 1.54) is 6.07 Å². The van der Waals surface area contributed by atoms with Gasteiger partial charge >= 0.3 is 11.7 Å². The van der Waals surface area contributed by atoms with Gasteiger partial charge in [-0.1, -0.05) is 19.9 Å². The molecule has 1 unspecified atom stereocenters. The summed E-state index contributed by atoms with van der Waals surface area (Å²) in [7, 11) is 0. The number of hydrogen-bond donors (Lipinski definition) is 2. The van der Waals surface area contributed by atoms with Crippen LogP contribution in [0.15, 0.2) is 18.2 Å². The molecule has 0 aromatic heterocycles. The molecular formula is C14H20N2O5. The van der Waals surface area contributed by atoms with Crippen molar-refractivity contribution in [2.24, 2.45) is 0 Å². The Morgan fingerprint density at radius 2 is 2.14 bits per heavy atom. The number of aryl methyl sites for hydroxylation is 1. The fourth-order valence-corrected chi connectivity index (χ4v) is 1.85. The maximum atomic E-state index is 11.1. The molecule has 0 amide bonds. The van der Waals surface area contributed by atoms with Gasteiger partial charge in [-0.15, -0.1) is 0 Å². The molecule has 0 fully saturated rings. The highest BCUT2D eigenvalue weighted by molar-refractivity contribution is 5.73. The van der Waals surface area contributed by atoms with Crippen LogP contribution in [0.5, 0.6) is 5.75 Å². The fraction of sp³-hybridized carbons (Fsp3) is 0.500. The first-order chi connectivity index (χ1) is 9.81. The summed E-state index contributed by atoms with van der Waals surface area (Å²) >= 11 is 0. The minimum Gasteiger partial charge on any atom is -0.487 e. The molecule has 0 heterocycles. The number of carboxylic acids is 1. The number of benzene rings is 1. The summed E-state index contributed by atoms with van der Waals surface area (Å²) in [6.07, 6.45) is 0.221. The van der Waals surface area contributed by atoms with Gasteiger partial charge in [-0.05, 0) is 18.6 Å². The van der Waals surface area contributed by atoms with E-state index in [1.807, 2.05) is 13.8 Å². The Morgan fingerprint density at radius 3 is 2.67 bits per heavy atom. The molecule has 1 aromatic rings. The van der Waals surface area contributed by atoms with Gasteiger partial charge in [0, 0.05) is 18.5 Å². The van der Waals surface area contributed by atoms with E-state index in [4.69, 9.17) is 9.84 Å². The number of nitrogens with zero attached hydrogens (tertiary/aromatic N) is 1. The van der Waals surface area contributed by atoms with Gasteiger partial charge in [0.2, 0.25) is 0 Å². The molecule has 2 N–H and O–H groups in total. The van der Waals surface area contributed by atoms with Gasteiger partial charge in [-0.2, -0.15) is 0 Å². The van der Waals surface area contributed by atoms with Crippen molar-refractivity contribution in [1.82, 2.24) is 5.32 Å². The molecule has 7 nitrogen and oxygen atoms in total. The lowest BCUT2D eigenvalue weighted by Crippen LogP contribution is -2.41. The molecule has 0 saturated heterocycles. The Bertz CT molecular complexity index is 516. The number of aliphatic carboxylic acids is 1. The van der Waals surface area contributed by atoms with Crippen molar-refractivity contribution in [1.29, 1.82) is 0 Å². The average Bonchev–Trinajstić information content (AvgIpc) is 2.36. The first-order valence-corrected chi connectivity index (χ1v) is 6.68. The zero-order valence-electron chi connectivity index (χ0n) is 12.3. The first-order valence-electron chi connectivity index (χ1n) is 6.68. The third-order valence-electron chi connectivity index (χ3n) is 2.81. The van der Waals surface area contributed by atoms with Crippen LogP contribution in [0.2, 0.25) is 0 Å². The zero-order chi connectivity index (χ0) is 16.0. The molecule has 21 heavy (non-hydrogen) atoms. The van der Waals surface area contributed by atoms with Crippen LogP contribution in [-0.4, -0.2) is 34.7 Å².